The maximum Gasteiger partial charge on any atom is 0.324 e. The first kappa shape index (κ1) is 18.4. The van der Waals surface area contributed by atoms with Crippen LogP contribution in [0.2, 0.25) is 0 Å². The highest BCUT2D eigenvalue weighted by Gasteiger charge is 2.41. The molecule has 9 heteroatoms. The lowest BCUT2D eigenvalue weighted by Gasteiger charge is -2.36. The Morgan fingerprint density at radius 3 is 2.62 bits per heavy atom. The number of carbonyl (C=O) groups excluding carboxylic acids is 1. The molecule has 1 aliphatic rings. The zero-order valence-electron chi connectivity index (χ0n) is 13.3. The molecule has 0 radical (unpaired) electrons. The van der Waals surface area contributed by atoms with Gasteiger partial charge in [0, 0.05) is 25.0 Å². The van der Waals surface area contributed by atoms with Crippen LogP contribution in [-0.4, -0.2) is 55.1 Å². The van der Waals surface area contributed by atoms with Gasteiger partial charge in [-0.25, -0.2) is 8.78 Å². The van der Waals surface area contributed by atoms with Gasteiger partial charge in [0.25, 0.3) is 5.91 Å². The second-order valence-electron chi connectivity index (χ2n) is 5.81. The van der Waals surface area contributed by atoms with Crippen LogP contribution in [0.15, 0.2) is 18.3 Å². The van der Waals surface area contributed by atoms with E-state index in [0.29, 0.717) is 18.8 Å². The van der Waals surface area contributed by atoms with E-state index in [2.05, 4.69) is 4.98 Å². The predicted molar refractivity (Wildman–Crippen MR) is 79.7 cm³/mol. The third-order valence-electron chi connectivity index (χ3n) is 3.56. The highest BCUT2D eigenvalue weighted by molar-refractivity contribution is 5.93. The van der Waals surface area contributed by atoms with Crippen molar-refractivity contribution < 1.29 is 27.1 Å². The van der Waals surface area contributed by atoms with Crippen molar-refractivity contribution in [1.82, 2.24) is 10.3 Å². The van der Waals surface area contributed by atoms with Crippen LogP contribution in [-0.2, 0) is 4.74 Å². The third kappa shape index (κ3) is 4.56. The molecule has 0 bridgehead atoms. The fourth-order valence-corrected chi connectivity index (χ4v) is 2.49. The smallest absolute Gasteiger partial charge is 0.324 e. The maximum atomic E-state index is 12.9. The maximum absolute atomic E-state index is 12.9. The fourth-order valence-electron chi connectivity index (χ4n) is 2.49. The minimum Gasteiger partial charge on any atom is -0.372 e. The molecule has 24 heavy (non-hydrogen) atoms. The Morgan fingerprint density at radius 2 is 2.04 bits per heavy atom. The van der Waals surface area contributed by atoms with Crippen molar-refractivity contribution in [3.63, 3.8) is 0 Å². The Bertz CT molecular complexity index is 576. The quantitative estimate of drug-likeness (QED) is 0.829. The number of amides is 1. The lowest BCUT2D eigenvalue weighted by atomic mass is 10.2. The zero-order valence-corrected chi connectivity index (χ0v) is 13.3. The summed E-state index contributed by atoms with van der Waals surface area (Å²) in [6, 6.07) is 3.13. The molecular weight excluding hydrogens is 330 g/mol. The number of ether oxygens (including phenoxy) is 1. The number of carbonyl (C=O) groups is 1. The summed E-state index contributed by atoms with van der Waals surface area (Å²) in [5, 5.41) is 1.79. The molecule has 0 saturated carbocycles. The predicted octanol–water partition coefficient (Wildman–Crippen LogP) is 2.33. The lowest BCUT2D eigenvalue weighted by Crippen LogP contribution is -2.45. The second kappa shape index (κ2) is 7.33. The van der Waals surface area contributed by atoms with E-state index in [1.54, 1.807) is 11.4 Å². The van der Waals surface area contributed by atoms with Crippen molar-refractivity contribution in [2.75, 3.05) is 24.5 Å². The molecule has 2 rings (SSSR count). The standard InChI is InChI=1S/C15H19F4N3O2/c1-9-6-22(7-10(2)24-9)11-3-4-20-12(5-11)13(23)21-8-15(18,19)14(16)17/h3-5,9-10,14H,6-8H2,1-2H3,(H,21,23)/t9-,10-/m1/s1. The number of pyridine rings is 1. The monoisotopic (exact) mass is 349 g/mol. The number of aromatic nitrogens is 1. The van der Waals surface area contributed by atoms with Crippen molar-refractivity contribution in [2.24, 2.45) is 0 Å². The summed E-state index contributed by atoms with van der Waals surface area (Å²) >= 11 is 0. The van der Waals surface area contributed by atoms with Gasteiger partial charge in [-0.1, -0.05) is 0 Å². The van der Waals surface area contributed by atoms with E-state index < -0.39 is 24.8 Å². The molecule has 2 atom stereocenters. The van der Waals surface area contributed by atoms with Crippen LogP contribution in [0.4, 0.5) is 23.2 Å². The highest BCUT2D eigenvalue weighted by Crippen LogP contribution is 2.22. The van der Waals surface area contributed by atoms with Crippen molar-refractivity contribution in [3.8, 4) is 0 Å². The number of hydrogen-bond donors (Lipinski definition) is 1. The molecule has 0 aromatic carbocycles. The summed E-state index contributed by atoms with van der Waals surface area (Å²) in [6.45, 7) is 3.62. The molecule has 1 aliphatic heterocycles. The van der Waals surface area contributed by atoms with Crippen LogP contribution >= 0.6 is 0 Å². The van der Waals surface area contributed by atoms with Gasteiger partial charge in [0.15, 0.2) is 0 Å². The van der Waals surface area contributed by atoms with Crippen LogP contribution in [0, 0.1) is 0 Å². The summed E-state index contributed by atoms with van der Waals surface area (Å²) < 4.78 is 55.6. The molecule has 1 aromatic rings. The highest BCUT2D eigenvalue weighted by atomic mass is 19.3. The summed E-state index contributed by atoms with van der Waals surface area (Å²) in [5.74, 6) is -5.20. The minimum absolute atomic E-state index is 0.00363. The summed E-state index contributed by atoms with van der Waals surface area (Å²) in [6.07, 6.45) is -2.46. The minimum atomic E-state index is -4.28. The topological polar surface area (TPSA) is 54.5 Å². The largest absolute Gasteiger partial charge is 0.372 e. The number of nitrogens with one attached hydrogen (secondary N) is 1. The Labute approximate surface area is 137 Å². The van der Waals surface area contributed by atoms with Crippen molar-refractivity contribution in [2.45, 2.75) is 38.4 Å². The number of morpholine rings is 1. The Morgan fingerprint density at radius 1 is 1.42 bits per heavy atom. The Kier molecular flexibility index (Phi) is 5.63. The van der Waals surface area contributed by atoms with Gasteiger partial charge in [0.2, 0.25) is 0 Å². The van der Waals surface area contributed by atoms with Crippen LogP contribution in [0.1, 0.15) is 24.3 Å². The van der Waals surface area contributed by atoms with Crippen LogP contribution in [0.25, 0.3) is 0 Å². The molecule has 1 amide bonds. The van der Waals surface area contributed by atoms with Gasteiger partial charge in [-0.2, -0.15) is 8.78 Å². The first-order valence-electron chi connectivity index (χ1n) is 7.49. The molecule has 1 saturated heterocycles. The zero-order chi connectivity index (χ0) is 17.9. The number of anilines is 1. The number of hydrogen-bond acceptors (Lipinski definition) is 4. The van der Waals surface area contributed by atoms with E-state index in [4.69, 9.17) is 4.74 Å². The molecule has 1 N–H and O–H groups in total. The number of nitrogens with zero attached hydrogens (tertiary/aromatic N) is 2. The molecule has 134 valence electrons. The summed E-state index contributed by atoms with van der Waals surface area (Å²) in [4.78, 5) is 17.7. The van der Waals surface area contributed by atoms with Gasteiger partial charge in [-0.3, -0.25) is 9.78 Å². The van der Waals surface area contributed by atoms with E-state index in [9.17, 15) is 22.4 Å². The normalized spacial score (nSPS) is 21.9. The van der Waals surface area contributed by atoms with Gasteiger partial charge in [0.05, 0.1) is 18.8 Å². The van der Waals surface area contributed by atoms with Gasteiger partial charge in [0.1, 0.15) is 5.69 Å². The van der Waals surface area contributed by atoms with E-state index in [-0.39, 0.29) is 17.9 Å². The van der Waals surface area contributed by atoms with E-state index in [0.717, 1.165) is 0 Å². The van der Waals surface area contributed by atoms with Crippen molar-refractivity contribution in [3.05, 3.63) is 24.0 Å². The molecule has 2 heterocycles. The van der Waals surface area contributed by atoms with Crippen LogP contribution in [0.5, 0.6) is 0 Å². The first-order valence-corrected chi connectivity index (χ1v) is 7.49. The van der Waals surface area contributed by atoms with Gasteiger partial charge in [-0.15, -0.1) is 0 Å². The molecule has 0 spiro atoms. The average Bonchev–Trinajstić information content (AvgIpc) is 2.51. The van der Waals surface area contributed by atoms with Gasteiger partial charge in [-0.05, 0) is 26.0 Å². The summed E-state index contributed by atoms with van der Waals surface area (Å²) in [7, 11) is 0. The van der Waals surface area contributed by atoms with E-state index in [1.807, 2.05) is 18.7 Å². The Hall–Kier alpha value is -1.90. The first-order chi connectivity index (χ1) is 11.2. The molecule has 1 fully saturated rings. The van der Waals surface area contributed by atoms with Gasteiger partial charge >= 0.3 is 12.3 Å². The second-order valence-corrected chi connectivity index (χ2v) is 5.81. The van der Waals surface area contributed by atoms with E-state index in [1.165, 1.54) is 12.3 Å². The fraction of sp³-hybridized carbons (Fsp3) is 0.600. The summed E-state index contributed by atoms with van der Waals surface area (Å²) in [5.41, 5.74) is 0.585. The number of halogens is 4. The molecule has 0 aliphatic carbocycles. The van der Waals surface area contributed by atoms with E-state index >= 15 is 0 Å². The third-order valence-corrected chi connectivity index (χ3v) is 3.56. The molecule has 5 nitrogen and oxygen atoms in total. The van der Waals surface area contributed by atoms with Gasteiger partial charge < -0.3 is 15.0 Å². The lowest BCUT2D eigenvalue weighted by molar-refractivity contribution is -0.123. The van der Waals surface area contributed by atoms with Crippen molar-refractivity contribution >= 4 is 11.6 Å². The number of rotatable bonds is 5. The Balaban J connectivity index is 2.05. The van der Waals surface area contributed by atoms with Crippen molar-refractivity contribution in [1.29, 1.82) is 0 Å². The number of alkyl halides is 4. The molecule has 0 unspecified atom stereocenters. The van der Waals surface area contributed by atoms with Crippen LogP contribution < -0.4 is 10.2 Å². The molecule has 1 aromatic heterocycles. The average molecular weight is 349 g/mol. The molecular formula is C15H19F4N3O2. The van der Waals surface area contributed by atoms with Crippen LogP contribution in [0.3, 0.4) is 0 Å². The SMILES string of the molecule is C[C@@H]1CN(c2ccnc(C(=O)NCC(F)(F)C(F)F)c2)C[C@@H](C)O1.